The highest BCUT2D eigenvalue weighted by Crippen LogP contribution is 2.39. The van der Waals surface area contributed by atoms with Crippen molar-refractivity contribution in [1.82, 2.24) is 5.32 Å². The summed E-state index contributed by atoms with van der Waals surface area (Å²) in [5.74, 6) is 0.735. The van der Waals surface area contributed by atoms with Crippen LogP contribution in [0.2, 0.25) is 0 Å². The number of hydrogen-bond acceptors (Lipinski definition) is 2. The number of nitrogens with one attached hydrogen (secondary N) is 1. The molecule has 0 radical (unpaired) electrons. The SMILES string of the molecule is CNC1CCC(C)(C)CC1CN(C)c1ccccc1. The Kier molecular flexibility index (Phi) is 4.51. The number of hydrogen-bond donors (Lipinski definition) is 1. The van der Waals surface area contributed by atoms with Crippen molar-refractivity contribution in [1.29, 1.82) is 0 Å². The summed E-state index contributed by atoms with van der Waals surface area (Å²) < 4.78 is 0. The predicted molar refractivity (Wildman–Crippen MR) is 83.7 cm³/mol. The Morgan fingerprint density at radius 2 is 1.95 bits per heavy atom. The number of benzene rings is 1. The second kappa shape index (κ2) is 5.96. The summed E-state index contributed by atoms with van der Waals surface area (Å²) in [5, 5.41) is 3.52. The maximum absolute atomic E-state index is 3.52. The van der Waals surface area contributed by atoms with Gasteiger partial charge in [0.2, 0.25) is 0 Å². The molecule has 1 aliphatic rings. The van der Waals surface area contributed by atoms with Crippen LogP contribution in [0.15, 0.2) is 30.3 Å². The number of anilines is 1. The molecule has 2 unspecified atom stereocenters. The summed E-state index contributed by atoms with van der Waals surface area (Å²) in [6, 6.07) is 11.4. The van der Waals surface area contributed by atoms with Crippen LogP contribution in [0.1, 0.15) is 33.1 Å². The van der Waals surface area contributed by atoms with E-state index in [-0.39, 0.29) is 0 Å². The lowest BCUT2D eigenvalue weighted by Crippen LogP contribution is -2.45. The number of para-hydroxylation sites is 1. The Labute approximate surface area is 118 Å². The van der Waals surface area contributed by atoms with Gasteiger partial charge in [0.15, 0.2) is 0 Å². The molecular formula is C17H28N2. The van der Waals surface area contributed by atoms with Crippen LogP contribution in [-0.4, -0.2) is 26.7 Å². The standard InChI is InChI=1S/C17H28N2/c1-17(2)11-10-16(18-3)14(12-17)13-19(4)15-8-6-5-7-9-15/h5-9,14,16,18H,10-13H2,1-4H3. The topological polar surface area (TPSA) is 15.3 Å². The van der Waals surface area contributed by atoms with Gasteiger partial charge >= 0.3 is 0 Å². The average molecular weight is 260 g/mol. The molecule has 0 saturated heterocycles. The molecule has 0 aromatic heterocycles. The van der Waals surface area contributed by atoms with Crippen molar-refractivity contribution in [2.24, 2.45) is 11.3 Å². The summed E-state index contributed by atoms with van der Waals surface area (Å²) in [5.41, 5.74) is 1.82. The molecule has 1 aromatic rings. The molecule has 1 N–H and O–H groups in total. The van der Waals surface area contributed by atoms with Gasteiger partial charge in [-0.3, -0.25) is 0 Å². The monoisotopic (exact) mass is 260 g/mol. The van der Waals surface area contributed by atoms with Crippen LogP contribution in [0.5, 0.6) is 0 Å². The Balaban J connectivity index is 2.03. The van der Waals surface area contributed by atoms with E-state index >= 15 is 0 Å². The third-order valence-corrected chi connectivity index (χ3v) is 4.59. The largest absolute Gasteiger partial charge is 0.374 e. The average Bonchev–Trinajstić information content (AvgIpc) is 2.39. The molecule has 2 nitrogen and oxygen atoms in total. The van der Waals surface area contributed by atoms with E-state index in [0.29, 0.717) is 11.5 Å². The van der Waals surface area contributed by atoms with Crippen LogP contribution in [0.3, 0.4) is 0 Å². The van der Waals surface area contributed by atoms with Gasteiger partial charge in [-0.1, -0.05) is 32.0 Å². The normalized spacial score (nSPS) is 26.1. The smallest absolute Gasteiger partial charge is 0.0363 e. The van der Waals surface area contributed by atoms with E-state index in [1.54, 1.807) is 0 Å². The zero-order valence-electron chi connectivity index (χ0n) is 12.8. The van der Waals surface area contributed by atoms with E-state index in [1.807, 2.05) is 0 Å². The lowest BCUT2D eigenvalue weighted by Gasteiger charge is -2.42. The molecule has 2 atom stereocenters. The van der Waals surface area contributed by atoms with Crippen molar-refractivity contribution in [2.45, 2.75) is 39.2 Å². The minimum Gasteiger partial charge on any atom is -0.374 e. The van der Waals surface area contributed by atoms with E-state index in [0.717, 1.165) is 12.5 Å². The van der Waals surface area contributed by atoms with E-state index in [1.165, 1.54) is 24.9 Å². The van der Waals surface area contributed by atoms with E-state index in [9.17, 15) is 0 Å². The van der Waals surface area contributed by atoms with Gasteiger partial charge in [0, 0.05) is 25.3 Å². The van der Waals surface area contributed by atoms with Gasteiger partial charge in [-0.05, 0) is 49.8 Å². The third-order valence-electron chi connectivity index (χ3n) is 4.59. The Bertz CT molecular complexity index is 386. The zero-order valence-corrected chi connectivity index (χ0v) is 12.8. The van der Waals surface area contributed by atoms with Crippen LogP contribution in [-0.2, 0) is 0 Å². The van der Waals surface area contributed by atoms with Crippen molar-refractivity contribution >= 4 is 5.69 Å². The fourth-order valence-electron chi connectivity index (χ4n) is 3.45. The minimum atomic E-state index is 0.496. The second-order valence-electron chi connectivity index (χ2n) is 6.78. The van der Waals surface area contributed by atoms with Crippen molar-refractivity contribution in [3.8, 4) is 0 Å². The molecule has 2 heteroatoms. The third kappa shape index (κ3) is 3.73. The zero-order chi connectivity index (χ0) is 13.9. The maximum Gasteiger partial charge on any atom is 0.0363 e. The number of rotatable bonds is 4. The highest BCUT2D eigenvalue weighted by molar-refractivity contribution is 5.45. The Hall–Kier alpha value is -1.02. The molecule has 1 aliphatic carbocycles. The van der Waals surface area contributed by atoms with Gasteiger partial charge < -0.3 is 10.2 Å². The molecule has 1 aromatic carbocycles. The van der Waals surface area contributed by atoms with Gasteiger partial charge in [0.1, 0.15) is 0 Å². The molecule has 0 bridgehead atoms. The molecule has 0 heterocycles. The first-order valence-electron chi connectivity index (χ1n) is 7.45. The van der Waals surface area contributed by atoms with Crippen molar-refractivity contribution in [3.63, 3.8) is 0 Å². The molecule has 0 aliphatic heterocycles. The Morgan fingerprint density at radius 3 is 2.58 bits per heavy atom. The van der Waals surface area contributed by atoms with E-state index in [2.05, 4.69) is 68.5 Å². The predicted octanol–water partition coefficient (Wildman–Crippen LogP) is 3.54. The first kappa shape index (κ1) is 14.4. The number of nitrogens with zero attached hydrogens (tertiary/aromatic N) is 1. The van der Waals surface area contributed by atoms with Gasteiger partial charge in [-0.15, -0.1) is 0 Å². The summed E-state index contributed by atoms with van der Waals surface area (Å²) in [6.07, 6.45) is 3.95. The van der Waals surface area contributed by atoms with Crippen molar-refractivity contribution in [3.05, 3.63) is 30.3 Å². The van der Waals surface area contributed by atoms with Gasteiger partial charge in [-0.25, -0.2) is 0 Å². The first-order valence-corrected chi connectivity index (χ1v) is 7.45. The van der Waals surface area contributed by atoms with Crippen LogP contribution in [0.4, 0.5) is 5.69 Å². The molecule has 1 saturated carbocycles. The quantitative estimate of drug-likeness (QED) is 0.891. The molecule has 106 valence electrons. The molecular weight excluding hydrogens is 232 g/mol. The molecule has 0 spiro atoms. The Morgan fingerprint density at radius 1 is 1.26 bits per heavy atom. The molecule has 2 rings (SSSR count). The van der Waals surface area contributed by atoms with Gasteiger partial charge in [0.05, 0.1) is 0 Å². The fraction of sp³-hybridized carbons (Fsp3) is 0.647. The van der Waals surface area contributed by atoms with Crippen LogP contribution >= 0.6 is 0 Å². The van der Waals surface area contributed by atoms with Crippen LogP contribution in [0, 0.1) is 11.3 Å². The highest BCUT2D eigenvalue weighted by atomic mass is 15.1. The summed E-state index contributed by atoms with van der Waals surface area (Å²) in [7, 11) is 4.32. The molecule has 1 fully saturated rings. The van der Waals surface area contributed by atoms with Gasteiger partial charge in [0.25, 0.3) is 0 Å². The highest BCUT2D eigenvalue weighted by Gasteiger charge is 2.34. The van der Waals surface area contributed by atoms with Crippen molar-refractivity contribution in [2.75, 3.05) is 25.5 Å². The van der Waals surface area contributed by atoms with E-state index < -0.39 is 0 Å². The lowest BCUT2D eigenvalue weighted by atomic mass is 9.69. The molecule has 0 amide bonds. The fourth-order valence-corrected chi connectivity index (χ4v) is 3.45. The maximum atomic E-state index is 3.52. The van der Waals surface area contributed by atoms with Crippen molar-refractivity contribution < 1.29 is 0 Å². The summed E-state index contributed by atoms with van der Waals surface area (Å²) >= 11 is 0. The van der Waals surface area contributed by atoms with Crippen LogP contribution in [0.25, 0.3) is 0 Å². The molecule has 19 heavy (non-hydrogen) atoms. The summed E-state index contributed by atoms with van der Waals surface area (Å²) in [6.45, 7) is 5.96. The van der Waals surface area contributed by atoms with E-state index in [4.69, 9.17) is 0 Å². The lowest BCUT2D eigenvalue weighted by molar-refractivity contribution is 0.146. The summed E-state index contributed by atoms with van der Waals surface area (Å²) in [4.78, 5) is 2.40. The second-order valence-corrected chi connectivity index (χ2v) is 6.78. The first-order chi connectivity index (χ1) is 9.02. The van der Waals surface area contributed by atoms with Gasteiger partial charge in [-0.2, -0.15) is 0 Å². The van der Waals surface area contributed by atoms with Crippen LogP contribution < -0.4 is 10.2 Å². The minimum absolute atomic E-state index is 0.496.